The van der Waals surface area contributed by atoms with Gasteiger partial charge in [0.15, 0.2) is 0 Å². The fourth-order valence-corrected chi connectivity index (χ4v) is 2.64. The Labute approximate surface area is 164 Å². The van der Waals surface area contributed by atoms with Crippen molar-refractivity contribution in [1.82, 2.24) is 19.8 Å². The van der Waals surface area contributed by atoms with Gasteiger partial charge < -0.3 is 9.57 Å². The van der Waals surface area contributed by atoms with Crippen LogP contribution in [-0.2, 0) is 18.5 Å². The number of tetrazole rings is 1. The van der Waals surface area contributed by atoms with Gasteiger partial charge in [-0.05, 0) is 29.5 Å². The number of oxime groups is 1. The van der Waals surface area contributed by atoms with Gasteiger partial charge >= 0.3 is 5.69 Å². The molecule has 11 heteroatoms. The molecule has 0 amide bonds. The van der Waals surface area contributed by atoms with Crippen LogP contribution >= 0.6 is 0 Å². The molecule has 0 aliphatic heterocycles. The highest BCUT2D eigenvalue weighted by molar-refractivity contribution is 5.98. The van der Waals surface area contributed by atoms with Crippen LogP contribution < -0.4 is 10.4 Å². The first kappa shape index (κ1) is 19.7. The molecule has 0 unspecified atom stereocenters. The lowest BCUT2D eigenvalue weighted by molar-refractivity contribution is -0.384. The van der Waals surface area contributed by atoms with Crippen LogP contribution in [0.3, 0.4) is 0 Å². The second-order valence-corrected chi connectivity index (χ2v) is 6.01. The van der Waals surface area contributed by atoms with Crippen LogP contribution in [0.5, 0.6) is 5.75 Å². The molecular formula is C18H18N6O5. The molecule has 0 atom stereocenters. The van der Waals surface area contributed by atoms with Crippen molar-refractivity contribution in [3.63, 3.8) is 0 Å². The van der Waals surface area contributed by atoms with Crippen molar-refractivity contribution in [3.05, 3.63) is 74.2 Å². The maximum Gasteiger partial charge on any atom is 0.368 e. The minimum Gasteiger partial charge on any atom is -0.496 e. The lowest BCUT2D eigenvalue weighted by Gasteiger charge is -2.12. The predicted octanol–water partition coefficient (Wildman–Crippen LogP) is 1.82. The summed E-state index contributed by atoms with van der Waals surface area (Å²) in [5.74, 6) is 0.489. The number of benzene rings is 2. The molecule has 0 aliphatic rings. The molecule has 0 fully saturated rings. The van der Waals surface area contributed by atoms with E-state index < -0.39 is 10.6 Å². The minimum atomic E-state index is -0.475. The van der Waals surface area contributed by atoms with Gasteiger partial charge in [-0.2, -0.15) is 9.36 Å². The number of ether oxygens (including phenoxy) is 1. The second kappa shape index (κ2) is 8.33. The molecule has 0 bridgehead atoms. The van der Waals surface area contributed by atoms with Crippen LogP contribution in [0.15, 0.2) is 52.4 Å². The molecule has 0 saturated heterocycles. The number of rotatable bonds is 7. The molecule has 150 valence electrons. The summed E-state index contributed by atoms with van der Waals surface area (Å²) < 4.78 is 7.61. The highest BCUT2D eigenvalue weighted by Crippen LogP contribution is 2.25. The van der Waals surface area contributed by atoms with E-state index in [1.807, 2.05) is 0 Å². The van der Waals surface area contributed by atoms with E-state index in [1.165, 1.54) is 26.3 Å². The molecule has 1 heterocycles. The number of nitrogens with zero attached hydrogens (tertiary/aromatic N) is 6. The molecule has 1 aromatic heterocycles. The van der Waals surface area contributed by atoms with Crippen molar-refractivity contribution < 1.29 is 14.5 Å². The van der Waals surface area contributed by atoms with Gasteiger partial charge in [-0.3, -0.25) is 10.1 Å². The van der Waals surface area contributed by atoms with Crippen molar-refractivity contribution in [2.75, 3.05) is 7.11 Å². The number of aromatic nitrogens is 4. The van der Waals surface area contributed by atoms with Crippen LogP contribution in [0.25, 0.3) is 5.69 Å². The third kappa shape index (κ3) is 4.13. The third-order valence-corrected chi connectivity index (χ3v) is 4.16. The quantitative estimate of drug-likeness (QED) is 0.337. The van der Waals surface area contributed by atoms with Crippen LogP contribution in [0.2, 0.25) is 0 Å². The molecular weight excluding hydrogens is 380 g/mol. The van der Waals surface area contributed by atoms with E-state index in [0.29, 0.717) is 28.3 Å². The van der Waals surface area contributed by atoms with E-state index in [1.54, 1.807) is 37.3 Å². The average molecular weight is 398 g/mol. The van der Waals surface area contributed by atoms with Gasteiger partial charge in [0.1, 0.15) is 12.4 Å². The minimum absolute atomic E-state index is 0.0192. The zero-order valence-corrected chi connectivity index (χ0v) is 16.0. The monoisotopic (exact) mass is 398 g/mol. The summed E-state index contributed by atoms with van der Waals surface area (Å²) in [5.41, 5.74) is 1.56. The van der Waals surface area contributed by atoms with E-state index in [0.717, 1.165) is 9.36 Å². The molecule has 29 heavy (non-hydrogen) atoms. The van der Waals surface area contributed by atoms with E-state index in [2.05, 4.69) is 15.6 Å². The Morgan fingerprint density at radius 3 is 2.66 bits per heavy atom. The van der Waals surface area contributed by atoms with Gasteiger partial charge in [0, 0.05) is 24.7 Å². The van der Waals surface area contributed by atoms with Crippen LogP contribution in [0, 0.1) is 10.1 Å². The Balaban J connectivity index is 1.88. The average Bonchev–Trinajstić information content (AvgIpc) is 3.06. The van der Waals surface area contributed by atoms with E-state index in [-0.39, 0.29) is 12.3 Å². The van der Waals surface area contributed by atoms with Gasteiger partial charge in [0.2, 0.25) is 0 Å². The van der Waals surface area contributed by atoms with Crippen LogP contribution in [0.4, 0.5) is 5.69 Å². The highest BCUT2D eigenvalue weighted by Gasteiger charge is 2.16. The molecule has 0 aliphatic carbocycles. The molecule has 3 rings (SSSR count). The van der Waals surface area contributed by atoms with E-state index >= 15 is 0 Å². The molecule has 3 aromatic rings. The first-order chi connectivity index (χ1) is 13.9. The van der Waals surface area contributed by atoms with Gasteiger partial charge in [-0.1, -0.05) is 23.4 Å². The van der Waals surface area contributed by atoms with Crippen molar-refractivity contribution in [3.8, 4) is 11.4 Å². The fraction of sp³-hybridized carbons (Fsp3) is 0.222. The van der Waals surface area contributed by atoms with Gasteiger partial charge in [0.25, 0.3) is 5.69 Å². The summed E-state index contributed by atoms with van der Waals surface area (Å²) in [6.07, 6.45) is 0. The van der Waals surface area contributed by atoms with Crippen molar-refractivity contribution in [2.24, 2.45) is 12.2 Å². The zero-order chi connectivity index (χ0) is 21.0. The number of methoxy groups -OCH3 is 1. The SMILES string of the molecule is COc1cccc(-n2nnn(C)c2=O)c1CON=C(C)c1cccc([N+](=O)[O-])c1. The van der Waals surface area contributed by atoms with Gasteiger partial charge in [-0.25, -0.2) is 4.79 Å². The summed E-state index contributed by atoms with van der Waals surface area (Å²) in [7, 11) is 2.99. The molecule has 2 aromatic carbocycles. The van der Waals surface area contributed by atoms with Crippen LogP contribution in [0.1, 0.15) is 18.1 Å². The molecule has 11 nitrogen and oxygen atoms in total. The van der Waals surface area contributed by atoms with Crippen molar-refractivity contribution >= 4 is 11.4 Å². The molecule has 0 spiro atoms. The lowest BCUT2D eigenvalue weighted by Crippen LogP contribution is -2.23. The summed E-state index contributed by atoms with van der Waals surface area (Å²) in [6, 6.07) is 11.2. The number of aryl methyl sites for hydroxylation is 1. The number of nitro benzene ring substituents is 1. The molecule has 0 saturated carbocycles. The Bertz CT molecular complexity index is 1130. The Hall–Kier alpha value is -4.02. The van der Waals surface area contributed by atoms with E-state index in [9.17, 15) is 14.9 Å². The number of non-ortho nitro benzene ring substituents is 1. The van der Waals surface area contributed by atoms with Crippen LogP contribution in [-0.4, -0.2) is 37.5 Å². The standard InChI is InChI=1S/C18H18N6O5/c1-12(13-6-4-7-14(10-13)24(26)27)19-29-11-15-16(8-5-9-17(15)28-3)23-18(25)22(2)20-21-23/h4-10H,11H2,1-3H3. The van der Waals surface area contributed by atoms with Crippen molar-refractivity contribution in [1.29, 1.82) is 0 Å². The first-order valence-electron chi connectivity index (χ1n) is 8.49. The van der Waals surface area contributed by atoms with Gasteiger partial charge in [0.05, 0.1) is 29.0 Å². The zero-order valence-electron chi connectivity index (χ0n) is 16.0. The highest BCUT2D eigenvalue weighted by atomic mass is 16.6. The number of hydrogen-bond donors (Lipinski definition) is 0. The smallest absolute Gasteiger partial charge is 0.368 e. The summed E-state index contributed by atoms with van der Waals surface area (Å²) in [6.45, 7) is 1.66. The summed E-state index contributed by atoms with van der Waals surface area (Å²) in [5, 5.41) is 22.5. The lowest BCUT2D eigenvalue weighted by atomic mass is 10.1. The predicted molar refractivity (Wildman–Crippen MR) is 103 cm³/mol. The number of nitro groups is 1. The molecule has 0 radical (unpaired) electrons. The first-order valence-corrected chi connectivity index (χ1v) is 8.49. The van der Waals surface area contributed by atoms with E-state index in [4.69, 9.17) is 9.57 Å². The maximum atomic E-state index is 12.2. The fourth-order valence-electron chi connectivity index (χ4n) is 2.64. The Kier molecular flexibility index (Phi) is 5.67. The number of hydrogen-bond acceptors (Lipinski definition) is 8. The third-order valence-electron chi connectivity index (χ3n) is 4.16. The van der Waals surface area contributed by atoms with Gasteiger partial charge in [-0.15, -0.1) is 0 Å². The second-order valence-electron chi connectivity index (χ2n) is 6.01. The topological polar surface area (TPSA) is 127 Å². The Morgan fingerprint density at radius 1 is 1.24 bits per heavy atom. The summed E-state index contributed by atoms with van der Waals surface area (Å²) >= 11 is 0. The Morgan fingerprint density at radius 2 is 2.00 bits per heavy atom. The molecule has 0 N–H and O–H groups in total. The largest absolute Gasteiger partial charge is 0.496 e. The van der Waals surface area contributed by atoms with Crippen molar-refractivity contribution in [2.45, 2.75) is 13.5 Å². The maximum absolute atomic E-state index is 12.2. The summed E-state index contributed by atoms with van der Waals surface area (Å²) in [4.78, 5) is 28.1. The normalized spacial score (nSPS) is 11.3.